The monoisotopic (exact) mass is 512 g/mol. The second-order valence-corrected chi connectivity index (χ2v) is 10.7. The van der Waals surface area contributed by atoms with Gasteiger partial charge in [0.05, 0.1) is 22.1 Å². The van der Waals surface area contributed by atoms with E-state index >= 15 is 0 Å². The Kier molecular flexibility index (Phi) is 6.67. The van der Waals surface area contributed by atoms with Crippen molar-refractivity contribution in [3.8, 4) is 0 Å². The first-order valence-electron chi connectivity index (χ1n) is 11.0. The van der Waals surface area contributed by atoms with Crippen LogP contribution in [-0.2, 0) is 27.2 Å². The molecule has 2 aromatic rings. The number of benzene rings is 2. The number of rotatable bonds is 6. The predicted molar refractivity (Wildman–Crippen MR) is 121 cm³/mol. The molecule has 2 aromatic carbocycles. The average molecular weight is 513 g/mol. The fourth-order valence-electron chi connectivity index (χ4n) is 4.78. The van der Waals surface area contributed by atoms with Gasteiger partial charge >= 0.3 is 12.1 Å². The van der Waals surface area contributed by atoms with Gasteiger partial charge in [-0.2, -0.15) is 13.2 Å². The third-order valence-corrected chi connectivity index (χ3v) is 8.67. The van der Waals surface area contributed by atoms with E-state index in [0.29, 0.717) is 24.5 Å². The number of sulfone groups is 1. The summed E-state index contributed by atoms with van der Waals surface area (Å²) in [5.41, 5.74) is 0.270. The van der Waals surface area contributed by atoms with Gasteiger partial charge in [0.2, 0.25) is 0 Å². The zero-order valence-corrected chi connectivity index (χ0v) is 19.4. The minimum Gasteiger partial charge on any atom is -0.481 e. The summed E-state index contributed by atoms with van der Waals surface area (Å²) < 4.78 is 79.7. The van der Waals surface area contributed by atoms with Gasteiger partial charge in [-0.1, -0.05) is 12.1 Å². The first-order chi connectivity index (χ1) is 16.4. The Balaban J connectivity index is 1.51. The van der Waals surface area contributed by atoms with Crippen LogP contribution in [0.5, 0.6) is 0 Å². The highest BCUT2D eigenvalue weighted by Gasteiger charge is 2.36. The molecule has 35 heavy (non-hydrogen) atoms. The zero-order valence-electron chi connectivity index (χ0n) is 18.6. The van der Waals surface area contributed by atoms with Gasteiger partial charge < -0.3 is 10.0 Å². The number of aryl methyl sites for hydroxylation is 1. The van der Waals surface area contributed by atoms with Gasteiger partial charge in [-0.15, -0.1) is 6.58 Å². The fraction of sp³-hybridized carbons (Fsp3) is 0.375. The van der Waals surface area contributed by atoms with Gasteiger partial charge in [0.25, 0.3) is 0 Å². The van der Waals surface area contributed by atoms with Crippen molar-refractivity contribution in [2.75, 3.05) is 31.1 Å². The summed E-state index contributed by atoms with van der Waals surface area (Å²) in [4.78, 5) is 14.8. The number of carbonyl (C=O) groups is 1. The largest absolute Gasteiger partial charge is 0.481 e. The molecule has 1 N–H and O–H groups in total. The van der Waals surface area contributed by atoms with Crippen molar-refractivity contribution in [2.45, 2.75) is 35.2 Å². The number of hydrogen-bond donors (Lipinski definition) is 1. The molecule has 0 amide bonds. The van der Waals surface area contributed by atoms with Gasteiger partial charge in [0, 0.05) is 26.2 Å². The highest BCUT2D eigenvalue weighted by atomic mass is 32.2. The minimum absolute atomic E-state index is 0.00511. The van der Waals surface area contributed by atoms with Crippen molar-refractivity contribution < 1.29 is 35.9 Å². The molecule has 0 spiro atoms. The lowest BCUT2D eigenvalue weighted by molar-refractivity contribution is -0.139. The third kappa shape index (κ3) is 4.79. The highest BCUT2D eigenvalue weighted by Crippen LogP contribution is 2.36. The van der Waals surface area contributed by atoms with E-state index in [1.165, 1.54) is 18.2 Å². The molecule has 188 valence electrons. The number of anilines is 1. The van der Waals surface area contributed by atoms with Crippen LogP contribution in [0, 0.1) is 5.82 Å². The Hall–Kier alpha value is -2.92. The number of nitrogens with zero attached hydrogens (tertiary/aromatic N) is 2. The van der Waals surface area contributed by atoms with Crippen LogP contribution >= 0.6 is 0 Å². The predicted octanol–water partition coefficient (Wildman–Crippen LogP) is 4.07. The van der Waals surface area contributed by atoms with Crippen LogP contribution in [0.4, 0.5) is 23.2 Å². The van der Waals surface area contributed by atoms with E-state index < -0.39 is 44.7 Å². The number of fused-ring (bicyclic) bond motifs is 1. The number of aliphatic carboxylic acids is 1. The molecule has 0 radical (unpaired) electrons. The Morgan fingerprint density at radius 2 is 1.80 bits per heavy atom. The van der Waals surface area contributed by atoms with Crippen LogP contribution in [0.2, 0.25) is 0 Å². The number of alkyl halides is 3. The van der Waals surface area contributed by atoms with Crippen LogP contribution < -0.4 is 4.90 Å². The van der Waals surface area contributed by atoms with E-state index in [9.17, 15) is 35.9 Å². The molecule has 1 aliphatic carbocycles. The SMILES string of the molecule is C=CC(N1CCN(c2ccc(C(F)(F)F)cc2F)CC1)S(=O)(=O)c1ccc2c(c1)C(C(=O)O)CC2. The smallest absolute Gasteiger partial charge is 0.416 e. The zero-order chi connectivity index (χ0) is 25.5. The van der Waals surface area contributed by atoms with Crippen molar-refractivity contribution >= 4 is 21.5 Å². The molecule has 2 aliphatic rings. The maximum atomic E-state index is 14.4. The summed E-state index contributed by atoms with van der Waals surface area (Å²) in [5, 5.41) is 8.35. The Morgan fingerprint density at radius 1 is 1.11 bits per heavy atom. The van der Waals surface area contributed by atoms with Crippen molar-refractivity contribution in [3.05, 3.63) is 71.6 Å². The van der Waals surface area contributed by atoms with Crippen LogP contribution in [0.25, 0.3) is 0 Å². The van der Waals surface area contributed by atoms with Gasteiger partial charge in [-0.05, 0) is 54.3 Å². The molecule has 11 heteroatoms. The van der Waals surface area contributed by atoms with Gasteiger partial charge in [-0.25, -0.2) is 12.8 Å². The average Bonchev–Trinajstić information content (AvgIpc) is 3.23. The van der Waals surface area contributed by atoms with Crippen molar-refractivity contribution in [1.82, 2.24) is 4.90 Å². The molecular formula is C24H24F4N2O4S. The number of hydrogen-bond acceptors (Lipinski definition) is 5. The molecular weight excluding hydrogens is 488 g/mol. The normalized spacial score (nSPS) is 19.9. The first kappa shape index (κ1) is 25.2. The summed E-state index contributed by atoms with van der Waals surface area (Å²) in [6.45, 7) is 4.49. The van der Waals surface area contributed by atoms with Crippen LogP contribution in [0.15, 0.2) is 53.9 Å². The number of piperazine rings is 1. The van der Waals surface area contributed by atoms with E-state index in [2.05, 4.69) is 6.58 Å². The number of carboxylic acids is 1. The molecule has 1 aliphatic heterocycles. The Labute approximate surface area is 200 Å². The second-order valence-electron chi connectivity index (χ2n) is 8.65. The molecule has 4 rings (SSSR count). The van der Waals surface area contributed by atoms with Crippen molar-refractivity contribution in [3.63, 3.8) is 0 Å². The first-order valence-corrected chi connectivity index (χ1v) is 12.6. The van der Waals surface area contributed by atoms with Crippen LogP contribution in [0.1, 0.15) is 29.0 Å². The fourth-order valence-corrected chi connectivity index (χ4v) is 6.47. The molecule has 6 nitrogen and oxygen atoms in total. The summed E-state index contributed by atoms with van der Waals surface area (Å²) in [5.74, 6) is -2.73. The van der Waals surface area contributed by atoms with E-state index in [1.807, 2.05) is 0 Å². The maximum absolute atomic E-state index is 14.4. The molecule has 1 saturated heterocycles. The summed E-state index contributed by atoms with van der Waals surface area (Å²) in [6.07, 6.45) is -2.36. The number of halogens is 4. The molecule has 1 heterocycles. The molecule has 2 unspecified atom stereocenters. The van der Waals surface area contributed by atoms with Gasteiger partial charge in [0.1, 0.15) is 11.2 Å². The maximum Gasteiger partial charge on any atom is 0.416 e. The molecule has 0 aromatic heterocycles. The summed E-state index contributed by atoms with van der Waals surface area (Å²) in [6, 6.07) is 6.91. The lowest BCUT2D eigenvalue weighted by Gasteiger charge is -2.39. The summed E-state index contributed by atoms with van der Waals surface area (Å²) in [7, 11) is -3.94. The van der Waals surface area contributed by atoms with Crippen molar-refractivity contribution in [2.24, 2.45) is 0 Å². The van der Waals surface area contributed by atoms with Gasteiger partial charge in [0.15, 0.2) is 9.84 Å². The lowest BCUT2D eigenvalue weighted by Crippen LogP contribution is -2.52. The van der Waals surface area contributed by atoms with Gasteiger partial charge in [-0.3, -0.25) is 9.69 Å². The lowest BCUT2D eigenvalue weighted by atomic mass is 10.0. The quantitative estimate of drug-likeness (QED) is 0.465. The minimum atomic E-state index is -4.65. The van der Waals surface area contributed by atoms with E-state index in [0.717, 1.165) is 17.7 Å². The summed E-state index contributed by atoms with van der Waals surface area (Å²) >= 11 is 0. The molecule has 0 saturated carbocycles. The Bertz CT molecular complexity index is 1250. The van der Waals surface area contributed by atoms with Crippen LogP contribution in [0.3, 0.4) is 0 Å². The Morgan fingerprint density at radius 3 is 2.37 bits per heavy atom. The highest BCUT2D eigenvalue weighted by molar-refractivity contribution is 7.92. The third-order valence-electron chi connectivity index (χ3n) is 6.63. The van der Waals surface area contributed by atoms with E-state index in [4.69, 9.17) is 0 Å². The topological polar surface area (TPSA) is 77.9 Å². The number of carboxylic acid groups (broad SMARTS) is 1. The van der Waals surface area contributed by atoms with E-state index in [1.54, 1.807) is 15.9 Å². The molecule has 2 atom stereocenters. The standard InChI is InChI=1S/C24H24F4N2O4S/c1-2-22(35(33,34)17-6-3-15-4-7-18(23(31)32)19(15)14-17)30-11-9-29(10-12-30)21-8-5-16(13-20(21)25)24(26,27)28/h2-3,5-6,8,13-14,18,22H,1,4,7,9-12H2,(H,31,32). The van der Waals surface area contributed by atoms with E-state index in [-0.39, 0.29) is 36.8 Å². The molecule has 0 bridgehead atoms. The van der Waals surface area contributed by atoms with Crippen LogP contribution in [-0.4, -0.2) is 55.9 Å². The second kappa shape index (κ2) is 9.27. The van der Waals surface area contributed by atoms with Crippen molar-refractivity contribution in [1.29, 1.82) is 0 Å². The molecule has 1 fully saturated rings.